The number of ether oxygens (including phenoxy) is 1. The maximum Gasteiger partial charge on any atom is 0.325 e. The van der Waals surface area contributed by atoms with Crippen LogP contribution in [0.25, 0.3) is 33.6 Å². The van der Waals surface area contributed by atoms with Crippen LogP contribution in [-0.4, -0.2) is 54.8 Å². The fourth-order valence-corrected chi connectivity index (χ4v) is 8.87. The number of halogens is 1. The van der Waals surface area contributed by atoms with Crippen LogP contribution in [0.15, 0.2) is 143 Å². The molecule has 11 nitrogen and oxygen atoms in total. The SMILES string of the molecule is CCCCc1nc(C)c(C(=O)NCC(=O)OCC)n1Cc1c2ccocc-2c(Br)c1-c1ccccc1-c1nnn(C(c2ccccc2)(c2ccccc2)c2ccccc2)n1. The average Bonchev–Trinajstić information content (AvgIpc) is 3.98. The van der Waals surface area contributed by atoms with Gasteiger partial charge >= 0.3 is 5.97 Å². The molecular formula is C48H44BrN7O4. The van der Waals surface area contributed by atoms with E-state index in [4.69, 9.17) is 29.5 Å². The summed E-state index contributed by atoms with van der Waals surface area (Å²) in [5.74, 6) is 0.312. The van der Waals surface area contributed by atoms with Crippen molar-refractivity contribution >= 4 is 27.8 Å². The summed E-state index contributed by atoms with van der Waals surface area (Å²) in [7, 11) is 0. The van der Waals surface area contributed by atoms with E-state index in [0.717, 1.165) is 73.2 Å². The number of fused-ring (bicyclic) bond motifs is 1. The largest absolute Gasteiger partial charge is 0.472 e. The summed E-state index contributed by atoms with van der Waals surface area (Å²) in [6, 6.07) is 40.7. The number of tetrazole rings is 1. The average molecular weight is 863 g/mol. The fraction of sp³-hybridized carbons (Fsp3) is 0.208. The second-order valence-corrected chi connectivity index (χ2v) is 15.2. The first-order chi connectivity index (χ1) is 29.4. The van der Waals surface area contributed by atoms with Gasteiger partial charge in [-0.25, -0.2) is 4.98 Å². The molecule has 1 amide bonds. The summed E-state index contributed by atoms with van der Waals surface area (Å²) in [5, 5.41) is 17.7. The minimum absolute atomic E-state index is 0.224. The van der Waals surface area contributed by atoms with Gasteiger partial charge in [0.15, 0.2) is 5.54 Å². The Bertz CT molecular complexity index is 2610. The van der Waals surface area contributed by atoms with Crippen LogP contribution < -0.4 is 5.32 Å². The van der Waals surface area contributed by atoms with Crippen molar-refractivity contribution in [2.24, 2.45) is 0 Å². The molecule has 0 saturated carbocycles. The van der Waals surface area contributed by atoms with Gasteiger partial charge in [-0.1, -0.05) is 129 Å². The first kappa shape index (κ1) is 40.1. The maximum atomic E-state index is 13.9. The van der Waals surface area contributed by atoms with Gasteiger partial charge < -0.3 is 19.0 Å². The molecule has 0 atom stereocenters. The molecular weight excluding hydrogens is 818 g/mol. The van der Waals surface area contributed by atoms with Crippen molar-refractivity contribution < 1.29 is 18.7 Å². The molecule has 8 rings (SSSR count). The minimum Gasteiger partial charge on any atom is -0.472 e. The number of carbonyl (C=O) groups is 2. The van der Waals surface area contributed by atoms with E-state index in [-0.39, 0.29) is 13.2 Å². The van der Waals surface area contributed by atoms with E-state index in [1.165, 1.54) is 0 Å². The van der Waals surface area contributed by atoms with Crippen molar-refractivity contribution in [3.05, 3.63) is 178 Å². The van der Waals surface area contributed by atoms with Crippen LogP contribution in [0.2, 0.25) is 0 Å². The summed E-state index contributed by atoms with van der Waals surface area (Å²) in [4.78, 5) is 32.8. The number of aryl methyl sites for hydroxylation is 2. The fourth-order valence-electron chi connectivity index (χ4n) is 8.11. The monoisotopic (exact) mass is 861 g/mol. The summed E-state index contributed by atoms with van der Waals surface area (Å²) < 4.78 is 13.6. The van der Waals surface area contributed by atoms with Crippen LogP contribution in [0, 0.1) is 6.92 Å². The topological polar surface area (TPSA) is 130 Å². The molecule has 60 heavy (non-hydrogen) atoms. The van der Waals surface area contributed by atoms with Gasteiger partial charge in [0.05, 0.1) is 31.4 Å². The lowest BCUT2D eigenvalue weighted by Gasteiger charge is -2.34. The van der Waals surface area contributed by atoms with Crippen LogP contribution in [0.1, 0.15) is 70.9 Å². The number of nitrogens with zero attached hydrogens (tertiary/aromatic N) is 6. The van der Waals surface area contributed by atoms with Gasteiger partial charge in [0.1, 0.15) is 18.1 Å². The highest BCUT2D eigenvalue weighted by atomic mass is 79.9. The van der Waals surface area contributed by atoms with Crippen LogP contribution in [0.5, 0.6) is 0 Å². The molecule has 3 heterocycles. The lowest BCUT2D eigenvalue weighted by molar-refractivity contribution is -0.141. The summed E-state index contributed by atoms with van der Waals surface area (Å²) in [5.41, 5.74) is 8.22. The molecule has 0 unspecified atom stereocenters. The van der Waals surface area contributed by atoms with Crippen molar-refractivity contribution in [1.82, 2.24) is 35.1 Å². The number of carbonyl (C=O) groups excluding carboxylic acids is 2. The second-order valence-electron chi connectivity index (χ2n) is 14.4. The molecule has 0 bridgehead atoms. The third kappa shape index (κ3) is 7.43. The van der Waals surface area contributed by atoms with Crippen molar-refractivity contribution in [3.8, 4) is 33.6 Å². The highest BCUT2D eigenvalue weighted by Gasteiger charge is 2.41. The number of hydrogen-bond acceptors (Lipinski definition) is 8. The predicted octanol–water partition coefficient (Wildman–Crippen LogP) is 9.50. The number of amides is 1. The molecule has 0 fully saturated rings. The van der Waals surface area contributed by atoms with Crippen molar-refractivity contribution in [2.45, 2.75) is 52.1 Å². The zero-order valence-electron chi connectivity index (χ0n) is 33.6. The zero-order valence-corrected chi connectivity index (χ0v) is 35.2. The number of benzene rings is 4. The lowest BCUT2D eigenvalue weighted by atomic mass is 9.77. The standard InChI is InChI=1S/C48H44BrN7O4/c1-4-6-26-41-51-32(3)45(47(58)50-29-42(57)60-5-2)55(41)30-39-36-27-28-59-31-40(36)44(49)43(39)37-24-16-17-25-38(37)46-52-54-56(53-46)48(33-18-10-7-11-19-33,34-20-12-8-13-21-34)35-22-14-9-15-23-35/h7-25,27-28,31H,4-6,26,29-30H2,1-3H3,(H,50,58). The molecule has 1 aliphatic carbocycles. The Hall–Kier alpha value is -6.66. The Morgan fingerprint density at radius 1 is 0.800 bits per heavy atom. The summed E-state index contributed by atoms with van der Waals surface area (Å²) in [6.07, 6.45) is 5.89. The van der Waals surface area contributed by atoms with Crippen LogP contribution in [0.3, 0.4) is 0 Å². The molecule has 12 heteroatoms. The third-order valence-corrected chi connectivity index (χ3v) is 11.6. The van der Waals surface area contributed by atoms with E-state index in [9.17, 15) is 9.59 Å². The van der Waals surface area contributed by atoms with E-state index in [1.54, 1.807) is 24.2 Å². The molecule has 0 radical (unpaired) electrons. The first-order valence-corrected chi connectivity index (χ1v) is 20.9. The number of imidazole rings is 1. The van der Waals surface area contributed by atoms with Crippen LogP contribution in [-0.2, 0) is 28.0 Å². The Balaban J connectivity index is 1.29. The van der Waals surface area contributed by atoms with Gasteiger partial charge in [-0.15, -0.1) is 15.0 Å². The zero-order chi connectivity index (χ0) is 41.6. The van der Waals surface area contributed by atoms with Crippen LogP contribution in [0.4, 0.5) is 0 Å². The quantitative estimate of drug-likeness (QED) is 0.0798. The van der Waals surface area contributed by atoms with Gasteiger partial charge in [-0.05, 0) is 80.9 Å². The van der Waals surface area contributed by atoms with E-state index in [0.29, 0.717) is 30.2 Å². The molecule has 1 N–H and O–H groups in total. The molecule has 302 valence electrons. The van der Waals surface area contributed by atoms with Gasteiger partial charge in [0, 0.05) is 27.6 Å². The molecule has 2 aliphatic rings. The number of unbranched alkanes of at least 4 members (excludes halogenated alkanes) is 1. The second kappa shape index (κ2) is 17.7. The van der Waals surface area contributed by atoms with E-state index in [2.05, 4.69) is 70.6 Å². The number of hydrogen-bond donors (Lipinski definition) is 1. The van der Waals surface area contributed by atoms with Gasteiger partial charge in [0.25, 0.3) is 5.91 Å². The highest BCUT2D eigenvalue weighted by molar-refractivity contribution is 9.10. The number of nitrogens with one attached hydrogen (secondary N) is 1. The lowest BCUT2D eigenvalue weighted by Crippen LogP contribution is -2.39. The third-order valence-electron chi connectivity index (χ3n) is 10.8. The normalized spacial score (nSPS) is 11.5. The summed E-state index contributed by atoms with van der Waals surface area (Å²) >= 11 is 3.98. The Morgan fingerprint density at radius 2 is 1.42 bits per heavy atom. The van der Waals surface area contributed by atoms with Crippen LogP contribution >= 0.6 is 15.9 Å². The van der Waals surface area contributed by atoms with Crippen molar-refractivity contribution in [2.75, 3.05) is 13.2 Å². The molecule has 2 aromatic heterocycles. The van der Waals surface area contributed by atoms with Gasteiger partial charge in [-0.3, -0.25) is 9.59 Å². The maximum absolute atomic E-state index is 13.9. The highest BCUT2D eigenvalue weighted by Crippen LogP contribution is 2.49. The number of esters is 1. The van der Waals surface area contributed by atoms with Crippen molar-refractivity contribution in [3.63, 3.8) is 0 Å². The Morgan fingerprint density at radius 3 is 2.03 bits per heavy atom. The molecule has 6 aromatic rings. The number of rotatable bonds is 15. The van der Waals surface area contributed by atoms with E-state index in [1.807, 2.05) is 90.4 Å². The predicted molar refractivity (Wildman–Crippen MR) is 234 cm³/mol. The first-order valence-electron chi connectivity index (χ1n) is 20.1. The Kier molecular flexibility index (Phi) is 11.8. The van der Waals surface area contributed by atoms with E-state index < -0.39 is 17.4 Å². The summed E-state index contributed by atoms with van der Waals surface area (Å²) in [6.45, 7) is 5.96. The molecule has 0 spiro atoms. The molecule has 4 aromatic carbocycles. The van der Waals surface area contributed by atoms with Crippen molar-refractivity contribution in [1.29, 1.82) is 0 Å². The van der Waals surface area contributed by atoms with Gasteiger partial charge in [0.2, 0.25) is 5.82 Å². The molecule has 0 saturated heterocycles. The Labute approximate surface area is 356 Å². The molecule has 1 aliphatic heterocycles. The minimum atomic E-state index is -0.954. The van der Waals surface area contributed by atoms with Gasteiger partial charge in [-0.2, -0.15) is 0 Å². The smallest absolute Gasteiger partial charge is 0.325 e. The number of aromatic nitrogens is 6. The van der Waals surface area contributed by atoms with E-state index >= 15 is 0 Å².